The van der Waals surface area contributed by atoms with Gasteiger partial charge in [-0.15, -0.1) is 0 Å². The largest absolute Gasteiger partial charge is 0.383 e. The lowest BCUT2D eigenvalue weighted by Gasteiger charge is -2.08. The van der Waals surface area contributed by atoms with Gasteiger partial charge in [-0.25, -0.2) is 17.5 Å². The highest BCUT2D eigenvalue weighted by molar-refractivity contribution is 7.89. The molecule has 0 spiro atoms. The minimum Gasteiger partial charge on any atom is -0.383 e. The number of H-pyrrole nitrogens is 1. The van der Waals surface area contributed by atoms with Crippen LogP contribution in [-0.2, 0) is 16.4 Å². The summed E-state index contributed by atoms with van der Waals surface area (Å²) in [4.78, 5) is -0.0756. The first kappa shape index (κ1) is 14.5. The molecule has 8 heteroatoms. The molecular formula is C12H15FN4O2S. The van der Waals surface area contributed by atoms with E-state index in [1.807, 2.05) is 0 Å². The molecule has 2 rings (SSSR count). The maximum Gasteiger partial charge on any atom is 0.245 e. The van der Waals surface area contributed by atoms with Gasteiger partial charge in [-0.2, -0.15) is 5.10 Å². The lowest BCUT2D eigenvalue weighted by molar-refractivity contribution is 0.582. The number of anilines is 1. The Kier molecular flexibility index (Phi) is 4.05. The Labute approximate surface area is 116 Å². The molecule has 2 aromatic rings. The molecule has 20 heavy (non-hydrogen) atoms. The molecule has 4 N–H and O–H groups in total. The molecular weight excluding hydrogens is 283 g/mol. The predicted molar refractivity (Wildman–Crippen MR) is 73.0 cm³/mol. The third-order valence-corrected chi connectivity index (χ3v) is 4.40. The fourth-order valence-electron chi connectivity index (χ4n) is 1.84. The maximum atomic E-state index is 13.0. The number of hydrogen-bond acceptors (Lipinski definition) is 4. The van der Waals surface area contributed by atoms with Crippen LogP contribution in [0.25, 0.3) is 0 Å². The van der Waals surface area contributed by atoms with E-state index in [-0.39, 0.29) is 23.1 Å². The summed E-state index contributed by atoms with van der Waals surface area (Å²) in [5.41, 5.74) is 7.14. The van der Waals surface area contributed by atoms with Crippen molar-refractivity contribution in [1.29, 1.82) is 0 Å². The van der Waals surface area contributed by atoms with Gasteiger partial charge in [0.1, 0.15) is 16.5 Å². The Morgan fingerprint density at radius 2 is 2.20 bits per heavy atom. The first-order chi connectivity index (χ1) is 9.40. The van der Waals surface area contributed by atoms with Crippen molar-refractivity contribution in [2.75, 3.05) is 12.3 Å². The SMILES string of the molecule is Cc1cc(F)ccc1CCNS(=O)(=O)c1cn[nH]c1N. The first-order valence-electron chi connectivity index (χ1n) is 5.93. The van der Waals surface area contributed by atoms with Gasteiger partial charge in [0, 0.05) is 6.54 Å². The second kappa shape index (κ2) is 5.59. The molecule has 1 aromatic heterocycles. The number of nitrogen functional groups attached to an aromatic ring is 1. The minimum atomic E-state index is -3.68. The minimum absolute atomic E-state index is 0.00420. The number of nitrogens with zero attached hydrogens (tertiary/aromatic N) is 1. The summed E-state index contributed by atoms with van der Waals surface area (Å²) in [5.74, 6) is -0.312. The first-order valence-corrected chi connectivity index (χ1v) is 7.42. The third kappa shape index (κ3) is 3.14. The molecule has 0 atom stereocenters. The second-order valence-corrected chi connectivity index (χ2v) is 6.10. The number of rotatable bonds is 5. The average molecular weight is 298 g/mol. The highest BCUT2D eigenvalue weighted by atomic mass is 32.2. The second-order valence-electron chi connectivity index (χ2n) is 4.37. The Balaban J connectivity index is 2.01. The van der Waals surface area contributed by atoms with Crippen molar-refractivity contribution in [3.05, 3.63) is 41.3 Å². The number of aryl methyl sites for hydroxylation is 1. The summed E-state index contributed by atoms with van der Waals surface area (Å²) < 4.78 is 39.2. The normalized spacial score (nSPS) is 11.7. The van der Waals surface area contributed by atoms with E-state index in [1.165, 1.54) is 12.1 Å². The predicted octanol–water partition coefficient (Wildman–Crippen LogP) is 0.960. The van der Waals surface area contributed by atoms with E-state index in [4.69, 9.17) is 5.73 Å². The summed E-state index contributed by atoms with van der Waals surface area (Å²) in [7, 11) is -3.68. The Bertz CT molecular complexity index is 712. The molecule has 108 valence electrons. The van der Waals surface area contributed by atoms with Crippen molar-refractivity contribution < 1.29 is 12.8 Å². The van der Waals surface area contributed by atoms with Gasteiger partial charge in [-0.3, -0.25) is 5.10 Å². The van der Waals surface area contributed by atoms with E-state index in [0.29, 0.717) is 6.42 Å². The van der Waals surface area contributed by atoms with Crippen molar-refractivity contribution in [2.24, 2.45) is 0 Å². The van der Waals surface area contributed by atoms with Crippen LogP contribution in [0, 0.1) is 12.7 Å². The smallest absolute Gasteiger partial charge is 0.245 e. The zero-order chi connectivity index (χ0) is 14.8. The molecule has 0 aliphatic carbocycles. The summed E-state index contributed by atoms with van der Waals surface area (Å²) in [6, 6.07) is 4.41. The average Bonchev–Trinajstić information content (AvgIpc) is 2.79. The number of sulfonamides is 1. The number of aromatic amines is 1. The van der Waals surface area contributed by atoms with E-state index < -0.39 is 10.0 Å². The molecule has 0 radical (unpaired) electrons. The molecule has 0 aliphatic rings. The molecule has 0 aliphatic heterocycles. The summed E-state index contributed by atoms with van der Waals surface area (Å²) >= 11 is 0. The van der Waals surface area contributed by atoms with Crippen LogP contribution in [0.1, 0.15) is 11.1 Å². The molecule has 0 bridgehead atoms. The number of aromatic nitrogens is 2. The molecule has 0 saturated carbocycles. The summed E-state index contributed by atoms with van der Waals surface area (Å²) in [5, 5.41) is 5.93. The van der Waals surface area contributed by atoms with Crippen LogP contribution < -0.4 is 10.5 Å². The van der Waals surface area contributed by atoms with Crippen LogP contribution in [0.4, 0.5) is 10.2 Å². The van der Waals surface area contributed by atoms with Gasteiger partial charge in [0.05, 0.1) is 6.20 Å². The van der Waals surface area contributed by atoms with Crippen LogP contribution in [0.5, 0.6) is 0 Å². The van der Waals surface area contributed by atoms with Crippen molar-refractivity contribution in [2.45, 2.75) is 18.2 Å². The Hall–Kier alpha value is -1.93. The standard InChI is InChI=1S/C12H15FN4O2S/c1-8-6-10(13)3-2-9(8)4-5-16-20(18,19)11-7-15-17-12(11)14/h2-3,6-7,16H,4-5H2,1H3,(H3,14,15,17). The molecule has 0 saturated heterocycles. The van der Waals surface area contributed by atoms with Crippen LogP contribution in [0.2, 0.25) is 0 Å². The van der Waals surface area contributed by atoms with Gasteiger partial charge in [-0.1, -0.05) is 6.07 Å². The van der Waals surface area contributed by atoms with Crippen molar-refractivity contribution >= 4 is 15.8 Å². The van der Waals surface area contributed by atoms with Crippen molar-refractivity contribution in [3.8, 4) is 0 Å². The molecule has 0 amide bonds. The Morgan fingerprint density at radius 1 is 1.45 bits per heavy atom. The highest BCUT2D eigenvalue weighted by Crippen LogP contribution is 2.14. The van der Waals surface area contributed by atoms with E-state index in [2.05, 4.69) is 14.9 Å². The number of hydrogen-bond donors (Lipinski definition) is 3. The zero-order valence-electron chi connectivity index (χ0n) is 10.9. The molecule has 1 aromatic carbocycles. The van der Waals surface area contributed by atoms with Crippen LogP contribution in [0.15, 0.2) is 29.3 Å². The van der Waals surface area contributed by atoms with Crippen LogP contribution in [-0.4, -0.2) is 25.2 Å². The lowest BCUT2D eigenvalue weighted by atomic mass is 10.1. The van der Waals surface area contributed by atoms with Crippen molar-refractivity contribution in [3.63, 3.8) is 0 Å². The van der Waals surface area contributed by atoms with Crippen molar-refractivity contribution in [1.82, 2.24) is 14.9 Å². The van der Waals surface area contributed by atoms with E-state index in [9.17, 15) is 12.8 Å². The third-order valence-electron chi connectivity index (χ3n) is 2.91. The molecule has 1 heterocycles. The topological polar surface area (TPSA) is 101 Å². The van der Waals surface area contributed by atoms with Crippen LogP contribution >= 0.6 is 0 Å². The van der Waals surface area contributed by atoms with E-state index >= 15 is 0 Å². The van der Waals surface area contributed by atoms with E-state index in [0.717, 1.165) is 17.3 Å². The van der Waals surface area contributed by atoms with Gasteiger partial charge in [-0.05, 0) is 36.6 Å². The molecule has 6 nitrogen and oxygen atoms in total. The Morgan fingerprint density at radius 3 is 2.80 bits per heavy atom. The van der Waals surface area contributed by atoms with Gasteiger partial charge in [0.2, 0.25) is 10.0 Å². The lowest BCUT2D eigenvalue weighted by Crippen LogP contribution is -2.26. The number of benzene rings is 1. The highest BCUT2D eigenvalue weighted by Gasteiger charge is 2.18. The van der Waals surface area contributed by atoms with Gasteiger partial charge < -0.3 is 5.73 Å². The summed E-state index contributed by atoms with van der Waals surface area (Å²) in [6.07, 6.45) is 1.61. The summed E-state index contributed by atoms with van der Waals surface area (Å²) in [6.45, 7) is 1.97. The van der Waals surface area contributed by atoms with Gasteiger partial charge in [0.25, 0.3) is 0 Å². The number of nitrogens with one attached hydrogen (secondary N) is 2. The number of halogens is 1. The van der Waals surface area contributed by atoms with E-state index in [1.54, 1.807) is 13.0 Å². The number of nitrogens with two attached hydrogens (primary N) is 1. The molecule has 0 unspecified atom stereocenters. The van der Waals surface area contributed by atoms with Gasteiger partial charge >= 0.3 is 0 Å². The maximum absolute atomic E-state index is 13.0. The van der Waals surface area contributed by atoms with Crippen LogP contribution in [0.3, 0.4) is 0 Å². The zero-order valence-corrected chi connectivity index (χ0v) is 11.7. The fourth-order valence-corrected chi connectivity index (χ4v) is 2.89. The quantitative estimate of drug-likeness (QED) is 0.765. The monoisotopic (exact) mass is 298 g/mol. The van der Waals surface area contributed by atoms with Gasteiger partial charge in [0.15, 0.2) is 0 Å². The molecule has 0 fully saturated rings. The fraction of sp³-hybridized carbons (Fsp3) is 0.250.